The van der Waals surface area contributed by atoms with Crippen LogP contribution in [0.5, 0.6) is 17.2 Å². The third kappa shape index (κ3) is 3.89. The lowest BCUT2D eigenvalue weighted by Gasteiger charge is -2.19. The fourth-order valence-electron chi connectivity index (χ4n) is 3.29. The van der Waals surface area contributed by atoms with E-state index in [4.69, 9.17) is 14.2 Å². The molecule has 0 fully saturated rings. The smallest absolute Gasteiger partial charge is 0.272 e. The molecule has 1 aliphatic rings. The van der Waals surface area contributed by atoms with E-state index in [2.05, 4.69) is 0 Å². The normalized spacial score (nSPS) is 14.0. The lowest BCUT2D eigenvalue weighted by Crippen LogP contribution is -2.31. The Kier molecular flexibility index (Phi) is 6.41. The van der Waals surface area contributed by atoms with Crippen LogP contribution < -0.4 is 19.1 Å². The van der Waals surface area contributed by atoms with E-state index in [1.807, 2.05) is 26.8 Å². The summed E-state index contributed by atoms with van der Waals surface area (Å²) in [4.78, 5) is 28.6. The van der Waals surface area contributed by atoms with Crippen LogP contribution in [0.15, 0.2) is 41.3 Å². The number of carbonyl (C=O) groups excluding carboxylic acids is 2. The molecule has 30 heavy (non-hydrogen) atoms. The molecule has 1 heterocycles. The van der Waals surface area contributed by atoms with Crippen molar-refractivity contribution < 1.29 is 23.8 Å². The molecule has 0 N–H and O–H groups in total. The van der Waals surface area contributed by atoms with Gasteiger partial charge in [0.05, 0.1) is 37.5 Å². The van der Waals surface area contributed by atoms with Crippen molar-refractivity contribution in [2.24, 2.45) is 0 Å². The first-order chi connectivity index (χ1) is 14.3. The van der Waals surface area contributed by atoms with Crippen molar-refractivity contribution in [1.29, 1.82) is 0 Å². The summed E-state index contributed by atoms with van der Waals surface area (Å²) in [7, 11) is 4.60. The van der Waals surface area contributed by atoms with Gasteiger partial charge < -0.3 is 14.2 Å². The van der Waals surface area contributed by atoms with Gasteiger partial charge >= 0.3 is 0 Å². The van der Waals surface area contributed by atoms with Gasteiger partial charge in [-0.25, -0.2) is 4.90 Å². The maximum absolute atomic E-state index is 13.5. The Morgan fingerprint density at radius 1 is 0.833 bits per heavy atom. The Bertz CT molecular complexity index is 1030. The zero-order valence-corrected chi connectivity index (χ0v) is 18.8. The number of benzene rings is 2. The van der Waals surface area contributed by atoms with Gasteiger partial charge in [0.2, 0.25) is 0 Å². The molecule has 0 aliphatic carbocycles. The van der Waals surface area contributed by atoms with Crippen molar-refractivity contribution in [2.75, 3.05) is 26.2 Å². The van der Waals surface area contributed by atoms with Crippen LogP contribution in [0.25, 0.3) is 5.57 Å². The number of ether oxygens (including phenoxy) is 3. The first kappa shape index (κ1) is 21.8. The summed E-state index contributed by atoms with van der Waals surface area (Å²) >= 11 is 1.37. The van der Waals surface area contributed by atoms with Gasteiger partial charge in [-0.05, 0) is 42.3 Å². The minimum atomic E-state index is -0.390. The number of imide groups is 1. The van der Waals surface area contributed by atoms with Crippen LogP contribution in [0.3, 0.4) is 0 Å². The molecule has 158 valence electrons. The zero-order valence-electron chi connectivity index (χ0n) is 17.9. The van der Waals surface area contributed by atoms with Crippen molar-refractivity contribution in [3.63, 3.8) is 0 Å². The van der Waals surface area contributed by atoms with E-state index in [9.17, 15) is 9.59 Å². The number of hydrogen-bond donors (Lipinski definition) is 0. The molecule has 0 saturated heterocycles. The van der Waals surface area contributed by atoms with Gasteiger partial charge in [0.15, 0.2) is 11.5 Å². The molecule has 2 aromatic rings. The molecule has 6 nitrogen and oxygen atoms in total. The van der Waals surface area contributed by atoms with Crippen LogP contribution in [0, 0.1) is 6.92 Å². The number of carbonyl (C=O) groups is 2. The van der Waals surface area contributed by atoms with Crippen molar-refractivity contribution in [2.45, 2.75) is 26.0 Å². The van der Waals surface area contributed by atoms with Gasteiger partial charge in [-0.15, -0.1) is 11.8 Å². The van der Waals surface area contributed by atoms with E-state index in [-0.39, 0.29) is 17.1 Å². The number of nitrogens with zero attached hydrogens (tertiary/aromatic N) is 1. The van der Waals surface area contributed by atoms with Crippen LogP contribution in [0.2, 0.25) is 0 Å². The maximum Gasteiger partial charge on any atom is 0.272 e. The van der Waals surface area contributed by atoms with Crippen LogP contribution in [-0.2, 0) is 9.59 Å². The van der Waals surface area contributed by atoms with Crippen LogP contribution in [0.4, 0.5) is 5.69 Å². The molecule has 0 bridgehead atoms. The van der Waals surface area contributed by atoms with E-state index in [0.717, 1.165) is 5.56 Å². The van der Waals surface area contributed by atoms with E-state index < -0.39 is 0 Å². The molecule has 1 aliphatic heterocycles. The van der Waals surface area contributed by atoms with E-state index in [1.54, 1.807) is 37.4 Å². The fourth-order valence-corrected chi connectivity index (χ4v) is 4.28. The first-order valence-electron chi connectivity index (χ1n) is 9.49. The number of hydrogen-bond acceptors (Lipinski definition) is 6. The topological polar surface area (TPSA) is 65.1 Å². The van der Waals surface area contributed by atoms with Gasteiger partial charge in [0, 0.05) is 5.25 Å². The second kappa shape index (κ2) is 8.83. The highest BCUT2D eigenvalue weighted by Gasteiger charge is 2.42. The van der Waals surface area contributed by atoms with Crippen molar-refractivity contribution in [3.05, 3.63) is 52.4 Å². The first-order valence-corrected chi connectivity index (χ1v) is 10.4. The summed E-state index contributed by atoms with van der Waals surface area (Å²) in [6.45, 7) is 5.87. The Balaban J connectivity index is 2.17. The summed E-state index contributed by atoms with van der Waals surface area (Å²) < 4.78 is 16.1. The minimum absolute atomic E-state index is 0.117. The number of anilines is 1. The van der Waals surface area contributed by atoms with Crippen molar-refractivity contribution in [3.8, 4) is 17.2 Å². The molecule has 0 spiro atoms. The average molecular weight is 428 g/mol. The molecular weight excluding hydrogens is 402 g/mol. The summed E-state index contributed by atoms with van der Waals surface area (Å²) in [5.74, 6) is 0.758. The van der Waals surface area contributed by atoms with Gasteiger partial charge in [-0.2, -0.15) is 0 Å². The molecule has 3 rings (SSSR count). The predicted octanol–water partition coefficient (Wildman–Crippen LogP) is 4.45. The summed E-state index contributed by atoms with van der Waals surface area (Å²) in [5.41, 5.74) is 2.31. The Hall–Kier alpha value is -2.93. The summed E-state index contributed by atoms with van der Waals surface area (Å²) in [5, 5.41) is 0.117. The van der Waals surface area contributed by atoms with Gasteiger partial charge in [0.1, 0.15) is 5.75 Å². The number of thioether (sulfide) groups is 1. The van der Waals surface area contributed by atoms with Crippen LogP contribution >= 0.6 is 11.8 Å². The highest BCUT2D eigenvalue weighted by atomic mass is 32.2. The van der Waals surface area contributed by atoms with Crippen LogP contribution in [-0.4, -0.2) is 38.4 Å². The average Bonchev–Trinajstić information content (AvgIpc) is 2.96. The molecular formula is C23H25NO5S. The predicted molar refractivity (Wildman–Crippen MR) is 119 cm³/mol. The molecule has 0 saturated carbocycles. The van der Waals surface area contributed by atoms with Crippen LogP contribution in [0.1, 0.15) is 25.0 Å². The number of rotatable bonds is 7. The Morgan fingerprint density at radius 3 is 2.07 bits per heavy atom. The SMILES string of the molecule is COc1ccc(C2=C(SC(C)C)C(=O)N(c3cc(C)ccc3OC)C2=O)cc1OC. The molecule has 2 aromatic carbocycles. The Morgan fingerprint density at radius 2 is 1.47 bits per heavy atom. The molecule has 0 atom stereocenters. The quantitative estimate of drug-likeness (QED) is 0.609. The monoisotopic (exact) mass is 427 g/mol. The lowest BCUT2D eigenvalue weighted by molar-refractivity contribution is -0.119. The highest BCUT2D eigenvalue weighted by Crippen LogP contribution is 2.43. The van der Waals surface area contributed by atoms with E-state index in [1.165, 1.54) is 30.9 Å². The summed E-state index contributed by atoms with van der Waals surface area (Å²) in [6.07, 6.45) is 0. The molecule has 7 heteroatoms. The number of amides is 2. The van der Waals surface area contributed by atoms with Crippen molar-refractivity contribution >= 4 is 34.8 Å². The standard InChI is InChI=1S/C23H25NO5S/c1-13(2)30-21-20(15-8-10-18(28-5)19(12-15)29-6)22(25)24(23(21)26)16-11-14(3)7-9-17(16)27-4/h7-13H,1-6H3. The highest BCUT2D eigenvalue weighted by molar-refractivity contribution is 8.04. The Labute approximate surface area is 180 Å². The molecule has 0 aromatic heterocycles. The molecule has 0 radical (unpaired) electrons. The second-order valence-electron chi connectivity index (χ2n) is 7.06. The van der Waals surface area contributed by atoms with E-state index in [0.29, 0.717) is 39.0 Å². The molecule has 2 amide bonds. The molecule has 0 unspecified atom stereocenters. The maximum atomic E-state index is 13.5. The zero-order chi connectivity index (χ0) is 22.0. The van der Waals surface area contributed by atoms with Gasteiger partial charge in [0.25, 0.3) is 11.8 Å². The van der Waals surface area contributed by atoms with Gasteiger partial charge in [-0.3, -0.25) is 9.59 Å². The third-order valence-electron chi connectivity index (χ3n) is 4.64. The fraction of sp³-hybridized carbons (Fsp3) is 0.304. The number of aryl methyl sites for hydroxylation is 1. The van der Waals surface area contributed by atoms with Crippen molar-refractivity contribution in [1.82, 2.24) is 0 Å². The largest absolute Gasteiger partial charge is 0.495 e. The second-order valence-corrected chi connectivity index (χ2v) is 8.65. The summed E-state index contributed by atoms with van der Waals surface area (Å²) in [6, 6.07) is 10.6. The number of methoxy groups -OCH3 is 3. The third-order valence-corrected chi connectivity index (χ3v) is 5.73. The van der Waals surface area contributed by atoms with Gasteiger partial charge in [-0.1, -0.05) is 26.0 Å². The van der Waals surface area contributed by atoms with E-state index >= 15 is 0 Å². The lowest BCUT2D eigenvalue weighted by atomic mass is 10.1. The minimum Gasteiger partial charge on any atom is -0.495 e.